The molecule has 2 aromatic carbocycles. The van der Waals surface area contributed by atoms with E-state index in [1.54, 1.807) is 29.3 Å². The van der Waals surface area contributed by atoms with Gasteiger partial charge in [0.15, 0.2) is 0 Å². The molecule has 1 amide bonds. The number of carbonyl (C=O) groups excluding carboxylic acids is 1. The summed E-state index contributed by atoms with van der Waals surface area (Å²) in [6, 6.07) is 9.16. The van der Waals surface area contributed by atoms with Crippen molar-refractivity contribution in [1.29, 1.82) is 0 Å². The minimum absolute atomic E-state index is 0.132. The van der Waals surface area contributed by atoms with Gasteiger partial charge >= 0.3 is 0 Å². The van der Waals surface area contributed by atoms with Crippen LogP contribution in [0.1, 0.15) is 51.6 Å². The van der Waals surface area contributed by atoms with Gasteiger partial charge in [-0.05, 0) is 61.1 Å². The summed E-state index contributed by atoms with van der Waals surface area (Å²) in [6.07, 6.45) is 4.98. The number of ether oxygens (including phenoxy) is 1. The zero-order chi connectivity index (χ0) is 26.6. The number of aromatic nitrogens is 3. The van der Waals surface area contributed by atoms with Gasteiger partial charge in [-0.3, -0.25) is 18.7 Å². The van der Waals surface area contributed by atoms with Crippen LogP contribution < -0.4 is 10.3 Å². The van der Waals surface area contributed by atoms with Crippen LogP contribution in [0.3, 0.4) is 0 Å². The van der Waals surface area contributed by atoms with Crippen LogP contribution in [0.25, 0.3) is 16.6 Å². The van der Waals surface area contributed by atoms with Crippen LogP contribution >= 0.6 is 0 Å². The molecule has 2 aromatic heterocycles. The SMILES string of the molecule is Cc1cc2c(cc1C(=O)N1CCc3c(cccc3NS(C)(=O)=O)C1)[nH]c(=O)c1cnc(C3CCOCC3)n12. The number of hydrogen-bond donors (Lipinski definition) is 2. The first kappa shape index (κ1) is 24.6. The third-order valence-electron chi connectivity index (χ3n) is 7.52. The van der Waals surface area contributed by atoms with Crippen molar-refractivity contribution in [2.75, 3.05) is 30.7 Å². The van der Waals surface area contributed by atoms with Crippen molar-refractivity contribution in [3.05, 3.63) is 75.0 Å². The first-order valence-electron chi connectivity index (χ1n) is 12.7. The van der Waals surface area contributed by atoms with Gasteiger partial charge in [0.05, 0.1) is 29.2 Å². The maximum Gasteiger partial charge on any atom is 0.274 e. The third kappa shape index (κ3) is 4.35. The summed E-state index contributed by atoms with van der Waals surface area (Å²) in [5, 5.41) is 0. The number of imidazole rings is 1. The molecule has 4 aromatic rings. The number of amides is 1. The molecule has 1 saturated heterocycles. The van der Waals surface area contributed by atoms with Crippen LogP contribution in [0.2, 0.25) is 0 Å². The number of fused-ring (bicyclic) bond motifs is 4. The zero-order valence-corrected chi connectivity index (χ0v) is 22.1. The Hall–Kier alpha value is -3.70. The largest absolute Gasteiger partial charge is 0.381 e. The van der Waals surface area contributed by atoms with E-state index in [4.69, 9.17) is 4.74 Å². The van der Waals surface area contributed by atoms with Crippen molar-refractivity contribution in [3.63, 3.8) is 0 Å². The van der Waals surface area contributed by atoms with Crippen molar-refractivity contribution in [1.82, 2.24) is 19.3 Å². The van der Waals surface area contributed by atoms with Crippen molar-refractivity contribution in [2.45, 2.75) is 38.6 Å². The van der Waals surface area contributed by atoms with Gasteiger partial charge in [-0.25, -0.2) is 13.4 Å². The summed E-state index contributed by atoms with van der Waals surface area (Å²) < 4.78 is 33.6. The van der Waals surface area contributed by atoms with E-state index in [1.807, 2.05) is 23.5 Å². The quantitative estimate of drug-likeness (QED) is 0.414. The predicted molar refractivity (Wildman–Crippen MR) is 144 cm³/mol. The number of nitrogens with one attached hydrogen (secondary N) is 2. The standard InChI is InChI=1S/C27H29N5O5S/c1-16-12-23-22(29-26(33)24-14-28-25(32(23)24)17-7-10-37-11-8-17)13-20(16)27(34)31-9-6-19-18(15-31)4-3-5-21(19)30-38(2,35)36/h3-5,12-14,17,30H,6-11,15H2,1-2H3,(H,29,33). The Bertz CT molecular complexity index is 1750. The third-order valence-corrected chi connectivity index (χ3v) is 8.11. The minimum atomic E-state index is -3.41. The van der Waals surface area contributed by atoms with E-state index in [2.05, 4.69) is 14.7 Å². The van der Waals surface area contributed by atoms with Crippen molar-refractivity contribution in [3.8, 4) is 0 Å². The molecule has 0 unspecified atom stereocenters. The average molecular weight is 536 g/mol. The van der Waals surface area contributed by atoms with Crippen molar-refractivity contribution < 1.29 is 17.9 Å². The maximum absolute atomic E-state index is 13.7. The molecule has 2 N–H and O–H groups in total. The second-order valence-electron chi connectivity index (χ2n) is 10.2. The van der Waals surface area contributed by atoms with E-state index in [0.717, 1.165) is 47.1 Å². The number of benzene rings is 2. The lowest BCUT2D eigenvalue weighted by Crippen LogP contribution is -2.36. The van der Waals surface area contributed by atoms with Crippen LogP contribution in [0.4, 0.5) is 5.69 Å². The van der Waals surface area contributed by atoms with Gasteiger partial charge in [0.2, 0.25) is 10.0 Å². The van der Waals surface area contributed by atoms with Crippen LogP contribution in [-0.4, -0.2) is 59.6 Å². The fraction of sp³-hybridized carbons (Fsp3) is 0.370. The molecular weight excluding hydrogens is 506 g/mol. The monoisotopic (exact) mass is 535 g/mol. The molecular formula is C27H29N5O5S. The first-order valence-corrected chi connectivity index (χ1v) is 14.6. The molecule has 6 rings (SSSR count). The maximum atomic E-state index is 13.7. The Kier molecular flexibility index (Phi) is 5.99. The van der Waals surface area contributed by atoms with Gasteiger partial charge in [-0.1, -0.05) is 12.1 Å². The molecule has 38 heavy (non-hydrogen) atoms. The molecule has 0 radical (unpaired) electrons. The summed E-state index contributed by atoms with van der Waals surface area (Å²) in [5.74, 6) is 0.921. The molecule has 2 aliphatic rings. The van der Waals surface area contributed by atoms with Gasteiger partial charge in [-0.2, -0.15) is 0 Å². The fourth-order valence-corrected chi connectivity index (χ4v) is 6.26. The first-order chi connectivity index (χ1) is 18.2. The van der Waals surface area contributed by atoms with E-state index >= 15 is 0 Å². The van der Waals surface area contributed by atoms with Crippen LogP contribution in [0.5, 0.6) is 0 Å². The summed E-state index contributed by atoms with van der Waals surface area (Å²) in [4.78, 5) is 35.9. The van der Waals surface area contributed by atoms with Crippen molar-refractivity contribution in [2.24, 2.45) is 0 Å². The molecule has 2 aliphatic heterocycles. The lowest BCUT2D eigenvalue weighted by Gasteiger charge is -2.30. The molecule has 11 heteroatoms. The number of aryl methyl sites for hydroxylation is 1. The number of rotatable bonds is 4. The van der Waals surface area contributed by atoms with Gasteiger partial charge < -0.3 is 14.6 Å². The van der Waals surface area contributed by atoms with Gasteiger partial charge in [0.1, 0.15) is 11.3 Å². The number of anilines is 1. The number of carbonyl (C=O) groups is 1. The van der Waals surface area contributed by atoms with Gasteiger partial charge in [0, 0.05) is 37.8 Å². The van der Waals surface area contributed by atoms with Gasteiger partial charge in [0.25, 0.3) is 11.5 Å². The lowest BCUT2D eigenvalue weighted by atomic mass is 9.96. The smallest absolute Gasteiger partial charge is 0.274 e. The summed E-state index contributed by atoms with van der Waals surface area (Å²) in [5.41, 5.74) is 5.34. The normalized spacial score (nSPS) is 16.6. The Labute approximate surface area is 219 Å². The minimum Gasteiger partial charge on any atom is -0.381 e. The van der Waals surface area contributed by atoms with Crippen molar-refractivity contribution >= 4 is 38.2 Å². The van der Waals surface area contributed by atoms with E-state index in [0.29, 0.717) is 55.0 Å². The van der Waals surface area contributed by atoms with Crippen LogP contribution in [-0.2, 0) is 27.7 Å². The molecule has 0 aliphatic carbocycles. The highest BCUT2D eigenvalue weighted by molar-refractivity contribution is 7.92. The fourth-order valence-electron chi connectivity index (χ4n) is 5.67. The van der Waals surface area contributed by atoms with E-state index in [-0.39, 0.29) is 17.4 Å². The number of aromatic amines is 1. The second-order valence-corrected chi connectivity index (χ2v) is 11.9. The average Bonchev–Trinajstić information content (AvgIpc) is 3.34. The Morgan fingerprint density at radius 2 is 1.97 bits per heavy atom. The summed E-state index contributed by atoms with van der Waals surface area (Å²) in [7, 11) is -3.41. The summed E-state index contributed by atoms with van der Waals surface area (Å²) in [6.45, 7) is 4.07. The number of sulfonamides is 1. The predicted octanol–water partition coefficient (Wildman–Crippen LogP) is 2.95. The Balaban J connectivity index is 1.36. The molecule has 0 bridgehead atoms. The summed E-state index contributed by atoms with van der Waals surface area (Å²) >= 11 is 0. The van der Waals surface area contributed by atoms with Gasteiger partial charge in [-0.15, -0.1) is 0 Å². The molecule has 0 atom stereocenters. The number of nitrogens with zero attached hydrogens (tertiary/aromatic N) is 3. The lowest BCUT2D eigenvalue weighted by molar-refractivity contribution is 0.0734. The van der Waals surface area contributed by atoms with E-state index in [9.17, 15) is 18.0 Å². The Morgan fingerprint density at radius 3 is 2.74 bits per heavy atom. The van der Waals surface area contributed by atoms with Crippen LogP contribution in [0.15, 0.2) is 41.3 Å². The molecule has 198 valence electrons. The number of H-pyrrole nitrogens is 1. The highest BCUT2D eigenvalue weighted by atomic mass is 32.2. The van der Waals surface area contributed by atoms with E-state index < -0.39 is 10.0 Å². The molecule has 10 nitrogen and oxygen atoms in total. The second kappa shape index (κ2) is 9.25. The topological polar surface area (TPSA) is 126 Å². The van der Waals surface area contributed by atoms with Crippen LogP contribution in [0, 0.1) is 6.92 Å². The highest BCUT2D eigenvalue weighted by Gasteiger charge is 2.27. The van der Waals surface area contributed by atoms with E-state index in [1.165, 1.54) is 0 Å². The molecule has 0 saturated carbocycles. The molecule has 4 heterocycles. The highest BCUT2D eigenvalue weighted by Crippen LogP contribution is 2.31. The zero-order valence-electron chi connectivity index (χ0n) is 21.3. The molecule has 0 spiro atoms. The molecule has 1 fully saturated rings. The number of hydrogen-bond acceptors (Lipinski definition) is 6. The Morgan fingerprint density at radius 1 is 1.18 bits per heavy atom.